The first-order valence-electron chi connectivity index (χ1n) is 6.65. The van der Waals surface area contributed by atoms with Gasteiger partial charge in [0.15, 0.2) is 0 Å². The maximum Gasteiger partial charge on any atom is 0.274 e. The lowest BCUT2D eigenvalue weighted by atomic mass is 10.1. The third kappa shape index (κ3) is 4.56. The number of nitrogens with one attached hydrogen (secondary N) is 2. The molecule has 0 spiro atoms. The van der Waals surface area contributed by atoms with E-state index in [1.165, 1.54) is 0 Å². The summed E-state index contributed by atoms with van der Waals surface area (Å²) < 4.78 is 0.837. The van der Waals surface area contributed by atoms with E-state index < -0.39 is 0 Å². The second kappa shape index (κ2) is 6.26. The Bertz CT molecular complexity index is 633. The van der Waals surface area contributed by atoms with Crippen molar-refractivity contribution in [1.82, 2.24) is 4.98 Å². The van der Waals surface area contributed by atoms with Gasteiger partial charge in [0.25, 0.3) is 5.91 Å². The quantitative estimate of drug-likeness (QED) is 0.869. The van der Waals surface area contributed by atoms with Crippen LogP contribution in [0.3, 0.4) is 0 Å². The zero-order valence-electron chi connectivity index (χ0n) is 12.3. The highest BCUT2D eigenvalue weighted by atomic mass is 79.9. The van der Waals surface area contributed by atoms with Gasteiger partial charge in [-0.15, -0.1) is 0 Å². The zero-order chi connectivity index (χ0) is 15.5. The van der Waals surface area contributed by atoms with Gasteiger partial charge in [0, 0.05) is 10.0 Å². The molecule has 110 valence electrons. The fraction of sp³-hybridized carbons (Fsp3) is 0.250. The molecule has 5 heteroatoms. The number of aromatic nitrogens is 1. The van der Waals surface area contributed by atoms with Crippen LogP contribution < -0.4 is 10.6 Å². The molecule has 0 aliphatic carbocycles. The molecule has 0 saturated carbocycles. The average molecular weight is 348 g/mol. The Morgan fingerprint density at radius 3 is 2.43 bits per heavy atom. The van der Waals surface area contributed by atoms with Gasteiger partial charge < -0.3 is 10.6 Å². The van der Waals surface area contributed by atoms with Crippen LogP contribution >= 0.6 is 15.9 Å². The molecule has 0 unspecified atom stereocenters. The first-order chi connectivity index (χ1) is 9.85. The second-order valence-corrected chi connectivity index (χ2v) is 6.60. The Balaban J connectivity index is 2.08. The molecule has 1 amide bonds. The van der Waals surface area contributed by atoms with E-state index in [1.807, 2.05) is 30.3 Å². The minimum Gasteiger partial charge on any atom is -0.379 e. The summed E-state index contributed by atoms with van der Waals surface area (Å²) in [6, 6.07) is 11.0. The molecule has 0 radical (unpaired) electrons. The van der Waals surface area contributed by atoms with Gasteiger partial charge in [-0.2, -0.15) is 0 Å². The average Bonchev–Trinajstić information content (AvgIpc) is 2.40. The van der Waals surface area contributed by atoms with Crippen LogP contribution in [0.5, 0.6) is 0 Å². The van der Waals surface area contributed by atoms with Crippen LogP contribution in [0.1, 0.15) is 31.3 Å². The van der Waals surface area contributed by atoms with Gasteiger partial charge >= 0.3 is 0 Å². The standard InChI is InChI=1S/C16H18BrN3O/c1-16(2,3)20-11-8-9-14(18-10-11)15(21)19-13-7-5-4-6-12(13)17/h4-10,20H,1-3H3,(H,19,21). The lowest BCUT2D eigenvalue weighted by Crippen LogP contribution is -2.26. The van der Waals surface area contributed by atoms with E-state index in [2.05, 4.69) is 52.3 Å². The van der Waals surface area contributed by atoms with E-state index in [1.54, 1.807) is 12.3 Å². The van der Waals surface area contributed by atoms with E-state index in [-0.39, 0.29) is 11.4 Å². The van der Waals surface area contributed by atoms with Crippen molar-refractivity contribution in [2.24, 2.45) is 0 Å². The van der Waals surface area contributed by atoms with E-state index in [9.17, 15) is 4.79 Å². The molecular formula is C16H18BrN3O. The number of pyridine rings is 1. The van der Waals surface area contributed by atoms with Crippen LogP contribution in [0.25, 0.3) is 0 Å². The van der Waals surface area contributed by atoms with Crippen LogP contribution in [0.2, 0.25) is 0 Å². The summed E-state index contributed by atoms with van der Waals surface area (Å²) in [5, 5.41) is 6.13. The van der Waals surface area contributed by atoms with Crippen molar-refractivity contribution in [3.8, 4) is 0 Å². The number of rotatable bonds is 3. The number of benzene rings is 1. The summed E-state index contributed by atoms with van der Waals surface area (Å²) in [6.45, 7) is 6.21. The summed E-state index contributed by atoms with van der Waals surface area (Å²) in [4.78, 5) is 16.3. The molecule has 4 nitrogen and oxygen atoms in total. The Hall–Kier alpha value is -1.88. The molecule has 0 bridgehead atoms. The number of hydrogen-bond acceptors (Lipinski definition) is 3. The van der Waals surface area contributed by atoms with Gasteiger partial charge in [0.05, 0.1) is 17.6 Å². The molecule has 1 aromatic heterocycles. The van der Waals surface area contributed by atoms with Gasteiger partial charge in [-0.25, -0.2) is 4.98 Å². The number of hydrogen-bond donors (Lipinski definition) is 2. The number of carbonyl (C=O) groups excluding carboxylic acids is 1. The first kappa shape index (κ1) is 15.5. The van der Waals surface area contributed by atoms with Crippen molar-refractivity contribution in [2.45, 2.75) is 26.3 Å². The molecule has 0 aliphatic rings. The Morgan fingerprint density at radius 2 is 1.86 bits per heavy atom. The van der Waals surface area contributed by atoms with Gasteiger partial charge in [-0.05, 0) is 61.0 Å². The molecule has 2 rings (SSSR count). The van der Waals surface area contributed by atoms with Crippen molar-refractivity contribution in [3.63, 3.8) is 0 Å². The minimum atomic E-state index is -0.232. The number of carbonyl (C=O) groups is 1. The molecule has 0 atom stereocenters. The molecule has 0 aliphatic heterocycles. The number of amides is 1. The van der Waals surface area contributed by atoms with Crippen molar-refractivity contribution >= 4 is 33.2 Å². The van der Waals surface area contributed by atoms with Crippen LogP contribution in [-0.2, 0) is 0 Å². The maximum atomic E-state index is 12.1. The molecule has 1 heterocycles. The SMILES string of the molecule is CC(C)(C)Nc1ccc(C(=O)Nc2ccccc2Br)nc1. The summed E-state index contributed by atoms with van der Waals surface area (Å²) in [6.07, 6.45) is 1.67. The summed E-state index contributed by atoms with van der Waals surface area (Å²) in [7, 11) is 0. The van der Waals surface area contributed by atoms with Gasteiger partial charge in [0.1, 0.15) is 5.69 Å². The monoisotopic (exact) mass is 347 g/mol. The fourth-order valence-corrected chi connectivity index (χ4v) is 2.17. The topological polar surface area (TPSA) is 54.0 Å². The molecular weight excluding hydrogens is 330 g/mol. The van der Waals surface area contributed by atoms with Crippen LogP contribution in [0.4, 0.5) is 11.4 Å². The number of nitrogens with zero attached hydrogens (tertiary/aromatic N) is 1. The summed E-state index contributed by atoms with van der Waals surface area (Å²) >= 11 is 3.40. The third-order valence-electron chi connectivity index (χ3n) is 2.64. The molecule has 1 aromatic carbocycles. The molecule has 21 heavy (non-hydrogen) atoms. The smallest absolute Gasteiger partial charge is 0.274 e. The van der Waals surface area contributed by atoms with E-state index in [4.69, 9.17) is 0 Å². The van der Waals surface area contributed by atoms with Crippen LogP contribution in [0, 0.1) is 0 Å². The van der Waals surface area contributed by atoms with Crippen molar-refractivity contribution in [2.75, 3.05) is 10.6 Å². The van der Waals surface area contributed by atoms with Gasteiger partial charge in [0.2, 0.25) is 0 Å². The lowest BCUT2D eigenvalue weighted by Gasteiger charge is -2.21. The fourth-order valence-electron chi connectivity index (χ4n) is 1.78. The largest absolute Gasteiger partial charge is 0.379 e. The van der Waals surface area contributed by atoms with Gasteiger partial charge in [-0.1, -0.05) is 12.1 Å². The lowest BCUT2D eigenvalue weighted by molar-refractivity contribution is 0.102. The highest BCUT2D eigenvalue weighted by Gasteiger charge is 2.12. The predicted octanol–water partition coefficient (Wildman–Crippen LogP) is 4.31. The van der Waals surface area contributed by atoms with E-state index in [0.717, 1.165) is 15.8 Å². The summed E-state index contributed by atoms with van der Waals surface area (Å²) in [5.74, 6) is -0.232. The molecule has 0 saturated heterocycles. The normalized spacial score (nSPS) is 11.0. The number of para-hydroxylation sites is 1. The maximum absolute atomic E-state index is 12.1. The van der Waals surface area contributed by atoms with Crippen molar-refractivity contribution in [3.05, 3.63) is 52.8 Å². The predicted molar refractivity (Wildman–Crippen MR) is 89.7 cm³/mol. The number of halogens is 1. The molecule has 2 N–H and O–H groups in total. The van der Waals surface area contributed by atoms with Crippen molar-refractivity contribution < 1.29 is 4.79 Å². The number of anilines is 2. The Kier molecular flexibility index (Phi) is 4.63. The van der Waals surface area contributed by atoms with Gasteiger partial charge in [-0.3, -0.25) is 4.79 Å². The summed E-state index contributed by atoms with van der Waals surface area (Å²) in [5.41, 5.74) is 1.95. The van der Waals surface area contributed by atoms with E-state index >= 15 is 0 Å². The highest BCUT2D eigenvalue weighted by Crippen LogP contribution is 2.22. The van der Waals surface area contributed by atoms with Crippen LogP contribution in [-0.4, -0.2) is 16.4 Å². The van der Waals surface area contributed by atoms with Crippen LogP contribution in [0.15, 0.2) is 47.1 Å². The third-order valence-corrected chi connectivity index (χ3v) is 3.33. The van der Waals surface area contributed by atoms with E-state index in [0.29, 0.717) is 5.69 Å². The molecule has 2 aromatic rings. The Morgan fingerprint density at radius 1 is 1.14 bits per heavy atom. The first-order valence-corrected chi connectivity index (χ1v) is 7.44. The second-order valence-electron chi connectivity index (χ2n) is 5.74. The Labute approximate surface area is 133 Å². The minimum absolute atomic E-state index is 0.0413. The molecule has 0 fully saturated rings. The zero-order valence-corrected chi connectivity index (χ0v) is 13.9. The van der Waals surface area contributed by atoms with Crippen molar-refractivity contribution in [1.29, 1.82) is 0 Å². The highest BCUT2D eigenvalue weighted by molar-refractivity contribution is 9.10.